The maximum absolute atomic E-state index is 10.9. The Labute approximate surface area is 111 Å². The third-order valence-electron chi connectivity index (χ3n) is 3.34. The highest BCUT2D eigenvalue weighted by atomic mass is 16.5. The van der Waals surface area contributed by atoms with Crippen molar-refractivity contribution < 1.29 is 19.7 Å². The topological polar surface area (TPSA) is 91.7 Å². The average molecular weight is 266 g/mol. The number of aromatic carboxylic acids is 1. The lowest BCUT2D eigenvalue weighted by Crippen LogP contribution is -2.42. The van der Waals surface area contributed by atoms with Crippen molar-refractivity contribution in [2.24, 2.45) is 0 Å². The molecule has 2 heterocycles. The van der Waals surface area contributed by atoms with Gasteiger partial charge in [-0.2, -0.15) is 0 Å². The predicted molar refractivity (Wildman–Crippen MR) is 69.4 cm³/mol. The van der Waals surface area contributed by atoms with Gasteiger partial charge in [0.15, 0.2) is 0 Å². The monoisotopic (exact) mass is 266 g/mol. The molecule has 1 saturated heterocycles. The number of carboxylic acids is 1. The van der Waals surface area contributed by atoms with Crippen molar-refractivity contribution in [2.75, 3.05) is 25.1 Å². The number of carboxylic acid groups (broad SMARTS) is 1. The number of anilines is 1. The van der Waals surface area contributed by atoms with Gasteiger partial charge in [0.1, 0.15) is 5.82 Å². The van der Waals surface area contributed by atoms with E-state index >= 15 is 0 Å². The minimum atomic E-state index is -0.986. The lowest BCUT2D eigenvalue weighted by Gasteiger charge is -2.32. The molecule has 0 amide bonds. The first-order valence-corrected chi connectivity index (χ1v) is 6.25. The number of aryl methyl sites for hydroxylation is 1. The molecular formula is C13H18N2O4. The van der Waals surface area contributed by atoms with Gasteiger partial charge >= 0.3 is 5.97 Å². The van der Waals surface area contributed by atoms with E-state index in [0.717, 1.165) is 0 Å². The molecule has 2 rings (SSSR count). The molecule has 1 fully saturated rings. The average Bonchev–Trinajstić information content (AvgIpc) is 2.37. The summed E-state index contributed by atoms with van der Waals surface area (Å²) in [5.41, 5.74) is -0.133. The normalized spacial score (nSPS) is 18.0. The van der Waals surface area contributed by atoms with Crippen LogP contribution < -0.4 is 5.32 Å². The Bertz CT molecular complexity index is 470. The summed E-state index contributed by atoms with van der Waals surface area (Å²) in [6.07, 6.45) is 1.18. The summed E-state index contributed by atoms with van der Waals surface area (Å²) in [7, 11) is 0. The number of rotatable bonds is 4. The molecule has 0 atom stereocenters. The van der Waals surface area contributed by atoms with Gasteiger partial charge in [-0.15, -0.1) is 0 Å². The van der Waals surface area contributed by atoms with E-state index < -0.39 is 11.6 Å². The molecular weight excluding hydrogens is 248 g/mol. The van der Waals surface area contributed by atoms with E-state index in [-0.39, 0.29) is 5.56 Å². The first-order chi connectivity index (χ1) is 9.00. The third kappa shape index (κ3) is 3.42. The highest BCUT2D eigenvalue weighted by molar-refractivity contribution is 5.89. The molecule has 3 N–H and O–H groups in total. The second kappa shape index (κ2) is 5.54. The lowest BCUT2D eigenvalue weighted by molar-refractivity contribution is -0.0543. The summed E-state index contributed by atoms with van der Waals surface area (Å²) in [6, 6.07) is 3.13. The number of carbonyl (C=O) groups is 1. The van der Waals surface area contributed by atoms with Gasteiger partial charge in [-0.25, -0.2) is 9.78 Å². The molecule has 0 spiro atoms. The first kappa shape index (κ1) is 13.8. The molecule has 104 valence electrons. The van der Waals surface area contributed by atoms with Crippen LogP contribution in [-0.4, -0.2) is 46.5 Å². The number of nitrogens with one attached hydrogen (secondary N) is 1. The van der Waals surface area contributed by atoms with Gasteiger partial charge in [0.05, 0.1) is 16.9 Å². The van der Waals surface area contributed by atoms with E-state index in [1.807, 2.05) is 0 Å². The lowest BCUT2D eigenvalue weighted by atomic mass is 9.94. The van der Waals surface area contributed by atoms with Crippen LogP contribution in [0.2, 0.25) is 0 Å². The summed E-state index contributed by atoms with van der Waals surface area (Å²) in [4.78, 5) is 15.1. The maximum Gasteiger partial charge on any atom is 0.337 e. The number of hydrogen-bond donors (Lipinski definition) is 3. The Balaban J connectivity index is 2.00. The summed E-state index contributed by atoms with van der Waals surface area (Å²) < 4.78 is 5.21. The highest BCUT2D eigenvalue weighted by Crippen LogP contribution is 2.21. The molecule has 0 saturated carbocycles. The van der Waals surface area contributed by atoms with E-state index in [9.17, 15) is 9.90 Å². The van der Waals surface area contributed by atoms with Crippen molar-refractivity contribution in [1.29, 1.82) is 0 Å². The van der Waals surface area contributed by atoms with Crippen LogP contribution >= 0.6 is 0 Å². The quantitative estimate of drug-likeness (QED) is 0.754. The van der Waals surface area contributed by atoms with Crippen LogP contribution in [0.3, 0.4) is 0 Å². The van der Waals surface area contributed by atoms with E-state index in [1.165, 1.54) is 6.07 Å². The zero-order valence-electron chi connectivity index (χ0n) is 10.8. The summed E-state index contributed by atoms with van der Waals surface area (Å²) >= 11 is 0. The van der Waals surface area contributed by atoms with Gasteiger partial charge in [-0.3, -0.25) is 0 Å². The van der Waals surface area contributed by atoms with Gasteiger partial charge in [-0.05, 0) is 19.1 Å². The first-order valence-electron chi connectivity index (χ1n) is 6.25. The van der Waals surface area contributed by atoms with Gasteiger partial charge in [0.25, 0.3) is 0 Å². The third-order valence-corrected chi connectivity index (χ3v) is 3.34. The molecule has 1 aromatic rings. The summed E-state index contributed by atoms with van der Waals surface area (Å²) in [6.45, 7) is 3.15. The standard InChI is InChI=1S/C13H18N2O4/c1-9-10(12(16)17)2-3-11(15-9)14-8-13(18)4-6-19-7-5-13/h2-3,18H,4-8H2,1H3,(H,14,15)(H,16,17). The van der Waals surface area contributed by atoms with E-state index in [4.69, 9.17) is 9.84 Å². The second-order valence-electron chi connectivity index (χ2n) is 4.82. The molecule has 0 aromatic carbocycles. The van der Waals surface area contributed by atoms with E-state index in [1.54, 1.807) is 13.0 Å². The molecule has 6 nitrogen and oxygen atoms in total. The molecule has 1 aliphatic heterocycles. The van der Waals surface area contributed by atoms with Crippen LogP contribution in [0.4, 0.5) is 5.82 Å². The second-order valence-corrected chi connectivity index (χ2v) is 4.82. The maximum atomic E-state index is 10.9. The number of nitrogens with zero attached hydrogens (tertiary/aromatic N) is 1. The number of aromatic nitrogens is 1. The van der Waals surface area contributed by atoms with Crippen molar-refractivity contribution in [3.8, 4) is 0 Å². The Morgan fingerprint density at radius 2 is 2.16 bits per heavy atom. The number of pyridine rings is 1. The SMILES string of the molecule is Cc1nc(NCC2(O)CCOCC2)ccc1C(=O)O. The van der Waals surface area contributed by atoms with Crippen molar-refractivity contribution in [3.05, 3.63) is 23.4 Å². The van der Waals surface area contributed by atoms with Crippen LogP contribution in [-0.2, 0) is 4.74 Å². The fourth-order valence-electron chi connectivity index (χ4n) is 2.07. The van der Waals surface area contributed by atoms with E-state index in [0.29, 0.717) is 44.1 Å². The van der Waals surface area contributed by atoms with Crippen molar-refractivity contribution in [2.45, 2.75) is 25.4 Å². The van der Waals surface area contributed by atoms with Crippen LogP contribution in [0.15, 0.2) is 12.1 Å². The van der Waals surface area contributed by atoms with Crippen LogP contribution in [0.5, 0.6) is 0 Å². The van der Waals surface area contributed by atoms with Crippen LogP contribution in [0.1, 0.15) is 28.9 Å². The van der Waals surface area contributed by atoms with Gasteiger partial charge < -0.3 is 20.3 Å². The summed E-state index contributed by atoms with van der Waals surface area (Å²) in [5, 5.41) is 22.2. The minimum absolute atomic E-state index is 0.190. The van der Waals surface area contributed by atoms with Gasteiger partial charge in [0, 0.05) is 32.6 Å². The smallest absolute Gasteiger partial charge is 0.337 e. The zero-order valence-corrected chi connectivity index (χ0v) is 10.8. The largest absolute Gasteiger partial charge is 0.478 e. The molecule has 0 unspecified atom stereocenters. The zero-order chi connectivity index (χ0) is 13.9. The van der Waals surface area contributed by atoms with Crippen LogP contribution in [0, 0.1) is 6.92 Å². The van der Waals surface area contributed by atoms with Crippen LogP contribution in [0.25, 0.3) is 0 Å². The number of hydrogen-bond acceptors (Lipinski definition) is 5. The molecule has 1 aliphatic rings. The number of aliphatic hydroxyl groups is 1. The van der Waals surface area contributed by atoms with Gasteiger partial charge in [0.2, 0.25) is 0 Å². The molecule has 1 aromatic heterocycles. The van der Waals surface area contributed by atoms with E-state index in [2.05, 4.69) is 10.3 Å². The molecule has 19 heavy (non-hydrogen) atoms. The molecule has 0 radical (unpaired) electrons. The Hall–Kier alpha value is -1.66. The highest BCUT2D eigenvalue weighted by Gasteiger charge is 2.29. The van der Waals surface area contributed by atoms with Crippen molar-refractivity contribution in [1.82, 2.24) is 4.98 Å². The summed E-state index contributed by atoms with van der Waals surface area (Å²) in [5.74, 6) is -0.415. The minimum Gasteiger partial charge on any atom is -0.478 e. The van der Waals surface area contributed by atoms with Gasteiger partial charge in [-0.1, -0.05) is 0 Å². The molecule has 0 aliphatic carbocycles. The Kier molecular flexibility index (Phi) is 4.01. The fraction of sp³-hybridized carbons (Fsp3) is 0.538. The molecule has 0 bridgehead atoms. The predicted octanol–water partition coefficient (Wildman–Crippen LogP) is 1.04. The Morgan fingerprint density at radius 1 is 1.47 bits per heavy atom. The molecule has 6 heteroatoms. The van der Waals surface area contributed by atoms with Crippen molar-refractivity contribution in [3.63, 3.8) is 0 Å². The van der Waals surface area contributed by atoms with Crippen molar-refractivity contribution >= 4 is 11.8 Å². The number of ether oxygens (including phenoxy) is 1. The Morgan fingerprint density at radius 3 is 2.74 bits per heavy atom. The fourth-order valence-corrected chi connectivity index (χ4v) is 2.07.